The lowest BCUT2D eigenvalue weighted by Gasteiger charge is -2.21. The maximum absolute atomic E-state index is 14.7. The number of nitrogens with zero attached hydrogens (tertiary/aromatic N) is 3. The summed E-state index contributed by atoms with van der Waals surface area (Å²) in [5, 5.41) is 6.21. The molecule has 0 aliphatic rings. The van der Waals surface area contributed by atoms with Crippen molar-refractivity contribution in [2.24, 2.45) is 0 Å². The van der Waals surface area contributed by atoms with E-state index in [9.17, 15) is 17.2 Å². The smallest absolute Gasteiger partial charge is 0.184 e. The lowest BCUT2D eigenvalue weighted by atomic mass is 9.86. The molecule has 0 atom stereocenters. The Morgan fingerprint density at radius 1 is 1.03 bits per heavy atom. The first-order valence-electron chi connectivity index (χ1n) is 10.1. The Morgan fingerprint density at radius 2 is 1.72 bits per heavy atom. The summed E-state index contributed by atoms with van der Waals surface area (Å²) in [6.07, 6.45) is 3.37. The molecule has 0 saturated heterocycles. The third-order valence-electron chi connectivity index (χ3n) is 5.25. The van der Waals surface area contributed by atoms with Crippen molar-refractivity contribution in [2.45, 2.75) is 43.8 Å². The second-order valence-electron chi connectivity index (χ2n) is 8.83. The van der Waals surface area contributed by atoms with E-state index in [1.165, 1.54) is 0 Å². The number of sulfone groups is 1. The molecule has 2 heterocycles. The molecule has 4 rings (SSSR count). The minimum absolute atomic E-state index is 0.137. The van der Waals surface area contributed by atoms with Gasteiger partial charge in [-0.2, -0.15) is 5.10 Å². The highest BCUT2D eigenvalue weighted by atomic mass is 32.2. The zero-order valence-electron chi connectivity index (χ0n) is 18.2. The number of aromatic nitrogens is 3. The highest BCUT2D eigenvalue weighted by molar-refractivity contribution is 7.90. The summed E-state index contributed by atoms with van der Waals surface area (Å²) in [7, 11) is -4.04. The number of benzene rings is 2. The molecular weight excluding hydrogens is 432 g/mol. The van der Waals surface area contributed by atoms with Gasteiger partial charge in [0, 0.05) is 28.7 Å². The van der Waals surface area contributed by atoms with Crippen LogP contribution in [0.2, 0.25) is 0 Å². The molecule has 2 aromatic heterocycles. The van der Waals surface area contributed by atoms with Crippen molar-refractivity contribution < 1.29 is 17.2 Å². The predicted molar refractivity (Wildman–Crippen MR) is 120 cm³/mol. The van der Waals surface area contributed by atoms with Gasteiger partial charge < -0.3 is 0 Å². The van der Waals surface area contributed by atoms with Crippen LogP contribution in [0.25, 0.3) is 16.5 Å². The largest absolute Gasteiger partial charge is 0.264 e. The molecule has 0 radical (unpaired) electrons. The lowest BCUT2D eigenvalue weighted by molar-refractivity contribution is 0.471. The molecule has 4 aromatic rings. The first-order valence-corrected chi connectivity index (χ1v) is 11.7. The van der Waals surface area contributed by atoms with Crippen LogP contribution in [-0.4, -0.2) is 23.2 Å². The second-order valence-corrected chi connectivity index (χ2v) is 10.8. The molecule has 32 heavy (non-hydrogen) atoms. The number of rotatable bonds is 4. The van der Waals surface area contributed by atoms with Crippen molar-refractivity contribution >= 4 is 20.6 Å². The summed E-state index contributed by atoms with van der Waals surface area (Å²) in [4.78, 5) is 3.72. The van der Waals surface area contributed by atoms with Gasteiger partial charge in [0.15, 0.2) is 9.84 Å². The Kier molecular flexibility index (Phi) is 5.36. The van der Waals surface area contributed by atoms with Gasteiger partial charge in [0.25, 0.3) is 0 Å². The molecular formula is C24H23F2N3O2S. The number of halogens is 2. The Bertz CT molecular complexity index is 1410. The quantitative estimate of drug-likeness (QED) is 0.420. The van der Waals surface area contributed by atoms with Crippen molar-refractivity contribution in [1.29, 1.82) is 0 Å². The van der Waals surface area contributed by atoms with Gasteiger partial charge in [-0.05, 0) is 42.7 Å². The number of fused-ring (bicyclic) bond motifs is 1. The standard InChI is InChI=1S/C24H23F2N3O2S/c1-15-10-17(29(28-15)22-7-5-6-16-13-27-9-8-19(16)22)14-32(30,31)18-11-20(25)23(21(26)12-18)24(2,3)4/h5-13H,14H2,1-4H3. The predicted octanol–water partition coefficient (Wildman–Crippen LogP) is 5.28. The van der Waals surface area contributed by atoms with E-state index < -0.39 is 37.5 Å². The van der Waals surface area contributed by atoms with Gasteiger partial charge in [0.05, 0.1) is 27.7 Å². The topological polar surface area (TPSA) is 64.8 Å². The van der Waals surface area contributed by atoms with Crippen LogP contribution in [0.15, 0.2) is 59.8 Å². The lowest BCUT2D eigenvalue weighted by Crippen LogP contribution is -2.18. The highest BCUT2D eigenvalue weighted by Gasteiger charge is 2.28. The van der Waals surface area contributed by atoms with Gasteiger partial charge in [-0.1, -0.05) is 32.9 Å². The van der Waals surface area contributed by atoms with Crippen LogP contribution in [0.1, 0.15) is 37.7 Å². The number of pyridine rings is 1. The molecule has 0 aliphatic heterocycles. The van der Waals surface area contributed by atoms with E-state index in [1.807, 2.05) is 24.3 Å². The van der Waals surface area contributed by atoms with Crippen molar-refractivity contribution in [2.75, 3.05) is 0 Å². The molecule has 0 amide bonds. The van der Waals surface area contributed by atoms with Crippen LogP contribution in [0.3, 0.4) is 0 Å². The summed E-state index contributed by atoms with van der Waals surface area (Å²) in [5.41, 5.74) is 0.787. The number of aryl methyl sites for hydroxylation is 1. The van der Waals surface area contributed by atoms with Gasteiger partial charge in [-0.25, -0.2) is 21.9 Å². The van der Waals surface area contributed by atoms with Gasteiger partial charge >= 0.3 is 0 Å². The first kappa shape index (κ1) is 22.1. The van der Waals surface area contributed by atoms with Crippen molar-refractivity contribution in [1.82, 2.24) is 14.8 Å². The molecule has 0 N–H and O–H groups in total. The summed E-state index contributed by atoms with van der Waals surface area (Å²) in [6.45, 7) is 6.77. The summed E-state index contributed by atoms with van der Waals surface area (Å²) >= 11 is 0. The fraction of sp³-hybridized carbons (Fsp3) is 0.250. The van der Waals surface area contributed by atoms with Crippen LogP contribution in [0.4, 0.5) is 8.78 Å². The maximum atomic E-state index is 14.7. The molecule has 0 spiro atoms. The van der Waals surface area contributed by atoms with E-state index in [-0.39, 0.29) is 5.56 Å². The van der Waals surface area contributed by atoms with Crippen molar-refractivity contribution in [3.63, 3.8) is 0 Å². The third-order valence-corrected chi connectivity index (χ3v) is 6.88. The average Bonchev–Trinajstić information content (AvgIpc) is 3.05. The molecule has 0 saturated carbocycles. The molecule has 5 nitrogen and oxygen atoms in total. The van der Waals surface area contributed by atoms with Gasteiger partial charge in [0.1, 0.15) is 11.6 Å². The highest BCUT2D eigenvalue weighted by Crippen LogP contribution is 2.31. The van der Waals surface area contributed by atoms with E-state index in [1.54, 1.807) is 50.8 Å². The van der Waals surface area contributed by atoms with E-state index in [0.717, 1.165) is 22.9 Å². The Morgan fingerprint density at radius 3 is 2.38 bits per heavy atom. The minimum atomic E-state index is -4.04. The zero-order chi connectivity index (χ0) is 23.3. The number of hydrogen-bond donors (Lipinski definition) is 0. The monoisotopic (exact) mass is 455 g/mol. The third kappa shape index (κ3) is 4.02. The van der Waals surface area contributed by atoms with Gasteiger partial charge in [0.2, 0.25) is 0 Å². The van der Waals surface area contributed by atoms with E-state index in [4.69, 9.17) is 0 Å². The SMILES string of the molecule is Cc1cc(CS(=O)(=O)c2cc(F)c(C(C)(C)C)c(F)c2)n(-c2cccc3cnccc23)n1. The Balaban J connectivity index is 1.79. The second kappa shape index (κ2) is 7.78. The fourth-order valence-corrected chi connectivity index (χ4v) is 5.21. The summed E-state index contributed by atoms with van der Waals surface area (Å²) in [6, 6.07) is 10.9. The first-order chi connectivity index (χ1) is 15.0. The zero-order valence-corrected chi connectivity index (χ0v) is 19.0. The van der Waals surface area contributed by atoms with Crippen molar-refractivity contribution in [3.8, 4) is 5.69 Å². The van der Waals surface area contributed by atoms with Gasteiger partial charge in [-0.3, -0.25) is 4.98 Å². The summed E-state index contributed by atoms with van der Waals surface area (Å²) in [5.74, 6) is -2.20. The number of hydrogen-bond acceptors (Lipinski definition) is 4. The minimum Gasteiger partial charge on any atom is -0.264 e. The van der Waals surface area contributed by atoms with E-state index in [0.29, 0.717) is 17.1 Å². The molecule has 0 unspecified atom stereocenters. The van der Waals surface area contributed by atoms with Crippen molar-refractivity contribution in [3.05, 3.63) is 83.4 Å². The average molecular weight is 456 g/mol. The Hall–Kier alpha value is -3.13. The fourth-order valence-electron chi connectivity index (χ4n) is 3.88. The Labute approximate surface area is 185 Å². The molecule has 0 fully saturated rings. The van der Waals surface area contributed by atoms with Crippen LogP contribution >= 0.6 is 0 Å². The van der Waals surface area contributed by atoms with E-state index in [2.05, 4.69) is 10.1 Å². The van der Waals surface area contributed by atoms with Crippen LogP contribution < -0.4 is 0 Å². The van der Waals surface area contributed by atoms with Crippen LogP contribution in [0.5, 0.6) is 0 Å². The normalized spacial score (nSPS) is 12.4. The van der Waals surface area contributed by atoms with E-state index >= 15 is 0 Å². The molecule has 0 bridgehead atoms. The molecule has 0 aliphatic carbocycles. The maximum Gasteiger partial charge on any atom is 0.184 e. The molecule has 8 heteroatoms. The van der Waals surface area contributed by atoms with Crippen LogP contribution in [0, 0.1) is 18.6 Å². The summed E-state index contributed by atoms with van der Waals surface area (Å²) < 4.78 is 57.2. The molecule has 2 aromatic carbocycles. The van der Waals surface area contributed by atoms with Crippen LogP contribution in [-0.2, 0) is 21.0 Å². The van der Waals surface area contributed by atoms with Gasteiger partial charge in [-0.15, -0.1) is 0 Å². The molecule has 166 valence electrons.